The molecule has 11 nitrogen and oxygen atoms in total. The number of ether oxygens (including phenoxy) is 6. The molecule has 5 aromatic rings. The number of esters is 2. The summed E-state index contributed by atoms with van der Waals surface area (Å²) in [5.74, 6) is -0.760. The van der Waals surface area contributed by atoms with Gasteiger partial charge in [0, 0.05) is 12.8 Å². The lowest BCUT2D eigenvalue weighted by atomic mass is 9.84. The van der Waals surface area contributed by atoms with Gasteiger partial charge in [0.05, 0.1) is 39.6 Å². The predicted octanol–water partition coefficient (Wildman–Crippen LogP) is 19.9. The number of unbranched alkanes of at least 4 members (excludes halogenated alkanes) is 24. The van der Waals surface area contributed by atoms with Crippen molar-refractivity contribution in [3.05, 3.63) is 179 Å². The summed E-state index contributed by atoms with van der Waals surface area (Å²) >= 11 is 0. The van der Waals surface area contributed by atoms with Gasteiger partial charge in [0.1, 0.15) is 37.1 Å². The van der Waals surface area contributed by atoms with Gasteiger partial charge in [0.25, 0.3) is 0 Å². The summed E-state index contributed by atoms with van der Waals surface area (Å²) in [6.07, 6.45) is 23.0. The van der Waals surface area contributed by atoms with Gasteiger partial charge in [-0.25, -0.2) is 4.39 Å². The van der Waals surface area contributed by atoms with Crippen LogP contribution in [0.5, 0.6) is 0 Å². The summed E-state index contributed by atoms with van der Waals surface area (Å²) in [5, 5.41) is 0. The number of rotatable bonds is 51. The molecule has 0 radical (unpaired) electrons. The molecule has 0 N–H and O–H groups in total. The molecule has 13 heteroatoms. The van der Waals surface area contributed by atoms with Crippen LogP contribution in [0, 0.1) is 0 Å². The molecule has 0 heterocycles. The molecule has 5 aromatic carbocycles. The van der Waals surface area contributed by atoms with Gasteiger partial charge in [-0.2, -0.15) is 0 Å². The average Bonchev–Trinajstić information content (AvgIpc) is 2.00. The molecule has 1 saturated carbocycles. The van der Waals surface area contributed by atoms with E-state index in [-0.39, 0.29) is 65.1 Å². The second kappa shape index (κ2) is 47.1. The van der Waals surface area contributed by atoms with Crippen molar-refractivity contribution in [2.45, 2.75) is 269 Å². The van der Waals surface area contributed by atoms with Crippen molar-refractivity contribution in [1.29, 1.82) is 0 Å². The first-order chi connectivity index (χ1) is 43.9. The molecule has 1 aliphatic carbocycles. The number of hydrogen-bond acceptors (Lipinski definition) is 11. The molecule has 490 valence electrons. The smallest absolute Gasteiger partial charge is 0.333 e. The van der Waals surface area contributed by atoms with Crippen LogP contribution >= 0.6 is 8.60 Å². The lowest BCUT2D eigenvalue weighted by Gasteiger charge is -2.47. The topological polar surface area (TPSA) is 117 Å². The van der Waals surface area contributed by atoms with E-state index < -0.39 is 57.4 Å². The Labute approximate surface area is 536 Å². The minimum atomic E-state index is -2.43. The summed E-state index contributed by atoms with van der Waals surface area (Å²) < 4.78 is 77.9. The molecule has 0 saturated heterocycles. The second-order valence-electron chi connectivity index (χ2n) is 24.1. The van der Waals surface area contributed by atoms with E-state index in [9.17, 15) is 9.59 Å². The van der Waals surface area contributed by atoms with Crippen LogP contribution in [0.4, 0.5) is 4.39 Å². The van der Waals surface area contributed by atoms with Crippen molar-refractivity contribution in [3.8, 4) is 0 Å². The lowest BCUT2D eigenvalue weighted by Crippen LogP contribution is -2.65. The van der Waals surface area contributed by atoms with E-state index in [1.165, 1.54) is 116 Å². The number of halogens is 1. The maximum Gasteiger partial charge on any atom is 0.333 e. The SMILES string of the molecule is CCCCCCCCCCCCCCCC(=O)OC[C@H](COP(OCc1ccccc1)O[C@H]1[C@H](OCc2ccccc2)[C@@H](OCc2ccccc2)[C@H](OCc2ccccc2)[C@@H](F)[C@H]1OCc1ccccc1)OC(=O)CCCCCCCCCCCCCCC. The first-order valence-electron chi connectivity index (χ1n) is 34.3. The fourth-order valence-corrected chi connectivity index (χ4v) is 12.5. The normalized spacial score (nSPS) is 18.1. The van der Waals surface area contributed by atoms with Crippen molar-refractivity contribution in [2.75, 3.05) is 13.2 Å². The van der Waals surface area contributed by atoms with Crippen molar-refractivity contribution in [2.24, 2.45) is 0 Å². The number of carbonyl (C=O) groups is 2. The van der Waals surface area contributed by atoms with E-state index in [0.717, 1.165) is 72.8 Å². The Bertz CT molecular complexity index is 2500. The Morgan fingerprint density at radius 2 is 0.663 bits per heavy atom. The first kappa shape index (κ1) is 73.2. The number of benzene rings is 5. The zero-order valence-corrected chi connectivity index (χ0v) is 54.9. The largest absolute Gasteiger partial charge is 0.462 e. The lowest BCUT2D eigenvalue weighted by molar-refractivity contribution is -0.257. The Morgan fingerprint density at radius 3 is 1.03 bits per heavy atom. The molecule has 0 bridgehead atoms. The zero-order valence-electron chi connectivity index (χ0n) is 54.0. The van der Waals surface area contributed by atoms with E-state index in [2.05, 4.69) is 13.8 Å². The number of hydrogen-bond donors (Lipinski definition) is 0. The van der Waals surface area contributed by atoms with Crippen LogP contribution in [0.3, 0.4) is 0 Å². The van der Waals surface area contributed by atoms with Crippen LogP contribution in [0.1, 0.15) is 221 Å². The van der Waals surface area contributed by atoms with E-state index in [0.29, 0.717) is 6.42 Å². The van der Waals surface area contributed by atoms with Gasteiger partial charge in [-0.3, -0.25) is 9.59 Å². The molecule has 89 heavy (non-hydrogen) atoms. The highest BCUT2D eigenvalue weighted by Gasteiger charge is 2.56. The quantitative estimate of drug-likeness (QED) is 0.0210. The Kier molecular flexibility index (Phi) is 38.7. The van der Waals surface area contributed by atoms with Gasteiger partial charge >= 0.3 is 20.5 Å². The average molecular weight is 1250 g/mol. The molecule has 1 fully saturated rings. The van der Waals surface area contributed by atoms with Gasteiger partial charge in [-0.1, -0.05) is 320 Å². The van der Waals surface area contributed by atoms with Gasteiger partial charge < -0.3 is 42.0 Å². The highest BCUT2D eigenvalue weighted by atomic mass is 31.2. The van der Waals surface area contributed by atoms with Crippen LogP contribution < -0.4 is 0 Å². The van der Waals surface area contributed by atoms with Gasteiger partial charge in [-0.05, 0) is 40.7 Å². The summed E-state index contributed by atoms with van der Waals surface area (Å²) in [7, 11) is -2.43. The number of carbonyl (C=O) groups excluding carboxylic acids is 2. The summed E-state index contributed by atoms with van der Waals surface area (Å²) in [4.78, 5) is 27.2. The third kappa shape index (κ3) is 31.3. The molecular formula is C76H108FO11P. The molecule has 8 atom stereocenters. The third-order valence-corrected chi connectivity index (χ3v) is 17.6. The van der Waals surface area contributed by atoms with E-state index >= 15 is 4.39 Å². The molecule has 0 spiro atoms. The molecule has 6 rings (SSSR count). The maximum absolute atomic E-state index is 18.3. The Morgan fingerprint density at radius 1 is 0.360 bits per heavy atom. The fraction of sp³-hybridized carbons (Fsp3) is 0.579. The van der Waals surface area contributed by atoms with Crippen LogP contribution in [0.2, 0.25) is 0 Å². The van der Waals surface area contributed by atoms with E-state index in [4.69, 9.17) is 42.0 Å². The van der Waals surface area contributed by atoms with Crippen molar-refractivity contribution in [3.63, 3.8) is 0 Å². The van der Waals surface area contributed by atoms with Crippen molar-refractivity contribution in [1.82, 2.24) is 0 Å². The zero-order chi connectivity index (χ0) is 62.5. The predicted molar refractivity (Wildman–Crippen MR) is 355 cm³/mol. The first-order valence-corrected chi connectivity index (χ1v) is 35.4. The summed E-state index contributed by atoms with van der Waals surface area (Å²) in [6, 6.07) is 48.4. The fourth-order valence-electron chi connectivity index (χ4n) is 11.3. The van der Waals surface area contributed by atoms with Crippen molar-refractivity contribution < 1.29 is 56.0 Å². The van der Waals surface area contributed by atoms with Crippen LogP contribution in [-0.4, -0.2) is 67.9 Å². The molecule has 0 amide bonds. The molecule has 1 aliphatic rings. The van der Waals surface area contributed by atoms with Gasteiger partial charge in [0.2, 0.25) is 0 Å². The minimum absolute atomic E-state index is 0.0454. The number of alkyl halides is 1. The molecule has 1 unspecified atom stereocenters. The summed E-state index contributed by atoms with van der Waals surface area (Å²) in [6.45, 7) is 4.50. The van der Waals surface area contributed by atoms with Crippen LogP contribution in [0.25, 0.3) is 0 Å². The highest BCUT2D eigenvalue weighted by Crippen LogP contribution is 2.47. The Balaban J connectivity index is 1.20. The minimum Gasteiger partial charge on any atom is -0.462 e. The standard InChI is InChI=1S/C76H108FO11P/c1-3-5-7-9-11-13-15-17-19-21-23-25-42-54-69(78)80-61-68(87-70(79)55-43-26-24-22-20-18-16-14-12-10-8-6-4-2)62-86-89(85-60-67-52-40-31-41-53-67)88-76-73(82-57-64-46-34-28-35-47-64)71(77)72(81-56-63-44-32-27-33-45-63)74(83-58-65-48-36-29-37-49-65)75(76)84-59-66-50-38-30-39-51-66/h27-41,44-53,68,71-76H,3-26,42-43,54-62H2,1-2H3/t68-,71-,72-,73-,74+,75-,76-,89?/m1/s1. The molecule has 0 aliphatic heterocycles. The van der Waals surface area contributed by atoms with Crippen LogP contribution in [-0.2, 0) is 84.6 Å². The molecular weight excluding hydrogens is 1140 g/mol. The Hall–Kier alpha value is -4.88. The molecule has 0 aromatic heterocycles. The highest BCUT2D eigenvalue weighted by molar-refractivity contribution is 7.41. The summed E-state index contributed by atoms with van der Waals surface area (Å²) in [5.41, 5.74) is 4.29. The van der Waals surface area contributed by atoms with E-state index in [1.54, 1.807) is 0 Å². The van der Waals surface area contributed by atoms with Gasteiger partial charge in [-0.15, -0.1) is 0 Å². The van der Waals surface area contributed by atoms with Crippen LogP contribution in [0.15, 0.2) is 152 Å². The third-order valence-electron chi connectivity index (χ3n) is 16.5. The monoisotopic (exact) mass is 1250 g/mol. The maximum atomic E-state index is 18.3. The van der Waals surface area contributed by atoms with E-state index in [1.807, 2.05) is 152 Å². The van der Waals surface area contributed by atoms with Gasteiger partial charge in [0.15, 0.2) is 12.3 Å². The van der Waals surface area contributed by atoms with Crippen molar-refractivity contribution >= 4 is 20.5 Å². The second-order valence-corrected chi connectivity index (χ2v) is 25.3.